The highest BCUT2D eigenvalue weighted by Gasteiger charge is 2.34. The molecule has 2 rings (SSSR count). The van der Waals surface area contributed by atoms with Crippen molar-refractivity contribution in [2.45, 2.75) is 13.0 Å². The van der Waals surface area contributed by atoms with Crippen LogP contribution >= 0.6 is 0 Å². The molecule has 0 saturated carbocycles. The lowest BCUT2D eigenvalue weighted by atomic mass is 9.94. The summed E-state index contributed by atoms with van der Waals surface area (Å²) in [5.41, 5.74) is 7.02. The molecule has 1 heterocycles. The molecule has 23 heavy (non-hydrogen) atoms. The third-order valence-electron chi connectivity index (χ3n) is 3.92. The molecule has 8 heteroatoms. The number of nitrogens with one attached hydrogen (secondary N) is 3. The monoisotopic (exact) mass is 341 g/mol. The standard InChI is InChI=1S/C15H23N3O4S/c1-3-23(20,21)8-7-16-15(19)13-10-17-18-14(13)11-5-4-6-12(9-11)22-2/h4-6,9,13-14,17-18H,3,7-8,10H2,1-2H3,(H,16,19). The van der Waals surface area contributed by atoms with E-state index in [0.29, 0.717) is 6.54 Å². The van der Waals surface area contributed by atoms with E-state index in [4.69, 9.17) is 4.74 Å². The Morgan fingerprint density at radius 1 is 1.43 bits per heavy atom. The quantitative estimate of drug-likeness (QED) is 0.647. The molecule has 0 aliphatic carbocycles. The number of hydrogen-bond acceptors (Lipinski definition) is 6. The van der Waals surface area contributed by atoms with Crippen LogP contribution in [0.25, 0.3) is 0 Å². The van der Waals surface area contributed by atoms with Crippen molar-refractivity contribution in [1.82, 2.24) is 16.2 Å². The van der Waals surface area contributed by atoms with Crippen LogP contribution in [-0.2, 0) is 14.6 Å². The summed E-state index contributed by atoms with van der Waals surface area (Å²) in [5, 5.41) is 2.71. The molecule has 0 spiro atoms. The number of sulfone groups is 1. The van der Waals surface area contributed by atoms with Crippen LogP contribution in [0.15, 0.2) is 24.3 Å². The van der Waals surface area contributed by atoms with E-state index >= 15 is 0 Å². The van der Waals surface area contributed by atoms with Crippen LogP contribution < -0.4 is 20.9 Å². The molecule has 2 atom stereocenters. The number of carbonyl (C=O) groups is 1. The van der Waals surface area contributed by atoms with Gasteiger partial charge in [0.25, 0.3) is 0 Å². The zero-order valence-electron chi connectivity index (χ0n) is 13.3. The van der Waals surface area contributed by atoms with Crippen molar-refractivity contribution in [3.63, 3.8) is 0 Å². The summed E-state index contributed by atoms with van der Waals surface area (Å²) in [6, 6.07) is 7.34. The molecule has 1 saturated heterocycles. The Morgan fingerprint density at radius 3 is 2.91 bits per heavy atom. The van der Waals surface area contributed by atoms with Crippen molar-refractivity contribution in [3.05, 3.63) is 29.8 Å². The van der Waals surface area contributed by atoms with Gasteiger partial charge in [0.15, 0.2) is 9.84 Å². The van der Waals surface area contributed by atoms with Gasteiger partial charge < -0.3 is 10.1 Å². The third-order valence-corrected chi connectivity index (χ3v) is 5.63. The van der Waals surface area contributed by atoms with Crippen molar-refractivity contribution in [1.29, 1.82) is 0 Å². The molecule has 1 amide bonds. The first-order chi connectivity index (χ1) is 11.0. The van der Waals surface area contributed by atoms with Gasteiger partial charge in [0.2, 0.25) is 5.91 Å². The lowest BCUT2D eigenvalue weighted by Gasteiger charge is -2.19. The van der Waals surface area contributed by atoms with Crippen molar-refractivity contribution >= 4 is 15.7 Å². The van der Waals surface area contributed by atoms with E-state index in [2.05, 4.69) is 16.2 Å². The zero-order valence-corrected chi connectivity index (χ0v) is 14.2. The fraction of sp³-hybridized carbons (Fsp3) is 0.533. The van der Waals surface area contributed by atoms with Gasteiger partial charge in [0.1, 0.15) is 5.75 Å². The van der Waals surface area contributed by atoms with Crippen molar-refractivity contribution < 1.29 is 17.9 Å². The van der Waals surface area contributed by atoms with Gasteiger partial charge in [0.05, 0.1) is 24.8 Å². The van der Waals surface area contributed by atoms with Crippen LogP contribution in [0.2, 0.25) is 0 Å². The van der Waals surface area contributed by atoms with Crippen LogP contribution in [0.5, 0.6) is 5.75 Å². The molecular formula is C15H23N3O4S. The van der Waals surface area contributed by atoms with Crippen LogP contribution in [0.4, 0.5) is 0 Å². The van der Waals surface area contributed by atoms with Gasteiger partial charge in [-0.3, -0.25) is 10.2 Å². The van der Waals surface area contributed by atoms with Crippen LogP contribution in [-0.4, -0.2) is 46.0 Å². The Balaban J connectivity index is 1.99. The minimum atomic E-state index is -3.08. The molecule has 1 aliphatic heterocycles. The van der Waals surface area contributed by atoms with E-state index < -0.39 is 9.84 Å². The summed E-state index contributed by atoms with van der Waals surface area (Å²) in [4.78, 5) is 12.3. The maximum absolute atomic E-state index is 12.3. The summed E-state index contributed by atoms with van der Waals surface area (Å²) < 4.78 is 28.1. The average Bonchev–Trinajstić information content (AvgIpc) is 3.04. The highest BCUT2D eigenvalue weighted by Crippen LogP contribution is 2.27. The smallest absolute Gasteiger partial charge is 0.226 e. The van der Waals surface area contributed by atoms with Gasteiger partial charge >= 0.3 is 0 Å². The maximum Gasteiger partial charge on any atom is 0.226 e. The largest absolute Gasteiger partial charge is 0.497 e. The van der Waals surface area contributed by atoms with E-state index in [9.17, 15) is 13.2 Å². The Hall–Kier alpha value is -1.64. The van der Waals surface area contributed by atoms with E-state index in [1.807, 2.05) is 24.3 Å². The predicted molar refractivity (Wildman–Crippen MR) is 87.7 cm³/mol. The van der Waals surface area contributed by atoms with Gasteiger partial charge in [-0.2, -0.15) is 0 Å². The van der Waals surface area contributed by atoms with E-state index in [1.165, 1.54) is 0 Å². The number of hydrogen-bond donors (Lipinski definition) is 3. The Labute approximate surface area is 136 Å². The normalized spacial score (nSPS) is 21.1. The van der Waals surface area contributed by atoms with Gasteiger partial charge in [-0.05, 0) is 17.7 Å². The lowest BCUT2D eigenvalue weighted by Crippen LogP contribution is -2.37. The molecule has 0 radical (unpaired) electrons. The summed E-state index contributed by atoms with van der Waals surface area (Å²) in [7, 11) is -1.48. The summed E-state index contributed by atoms with van der Waals surface area (Å²) in [5.74, 6) is 0.298. The number of amides is 1. The number of hydrazine groups is 1. The SMILES string of the molecule is CCS(=O)(=O)CCNC(=O)C1CNNC1c1cccc(OC)c1. The molecule has 0 bridgehead atoms. The highest BCUT2D eigenvalue weighted by molar-refractivity contribution is 7.91. The summed E-state index contributed by atoms with van der Waals surface area (Å²) in [6.45, 7) is 2.21. The predicted octanol–water partition coefficient (Wildman–Crippen LogP) is 0.0112. The molecule has 1 aromatic carbocycles. The Bertz CT molecular complexity index is 648. The number of carbonyl (C=O) groups excluding carboxylic acids is 1. The van der Waals surface area contributed by atoms with Crippen molar-refractivity contribution in [2.24, 2.45) is 5.92 Å². The first kappa shape index (κ1) is 17.7. The average molecular weight is 341 g/mol. The minimum absolute atomic E-state index is 0.0351. The van der Waals surface area contributed by atoms with Crippen molar-refractivity contribution in [2.75, 3.05) is 31.7 Å². The Kier molecular flexibility index (Phi) is 5.97. The fourth-order valence-corrected chi connectivity index (χ4v) is 3.20. The molecule has 2 unspecified atom stereocenters. The number of methoxy groups -OCH3 is 1. The maximum atomic E-state index is 12.3. The van der Waals surface area contributed by atoms with Crippen molar-refractivity contribution in [3.8, 4) is 5.75 Å². The summed E-state index contributed by atoms with van der Waals surface area (Å²) >= 11 is 0. The fourth-order valence-electron chi connectivity index (χ4n) is 2.50. The number of ether oxygens (including phenoxy) is 1. The molecule has 128 valence electrons. The molecule has 1 aliphatic rings. The molecule has 1 fully saturated rings. The van der Waals surface area contributed by atoms with Crippen LogP contribution in [0.1, 0.15) is 18.5 Å². The second-order valence-corrected chi connectivity index (χ2v) is 7.89. The second-order valence-electron chi connectivity index (χ2n) is 5.41. The minimum Gasteiger partial charge on any atom is -0.497 e. The lowest BCUT2D eigenvalue weighted by molar-refractivity contribution is -0.124. The van der Waals surface area contributed by atoms with E-state index in [-0.39, 0.29) is 35.9 Å². The van der Waals surface area contributed by atoms with Gasteiger partial charge in [-0.15, -0.1) is 0 Å². The van der Waals surface area contributed by atoms with Gasteiger partial charge in [-0.25, -0.2) is 13.8 Å². The topological polar surface area (TPSA) is 96.5 Å². The second kappa shape index (κ2) is 7.76. The summed E-state index contributed by atoms with van der Waals surface area (Å²) in [6.07, 6.45) is 0. The van der Waals surface area contributed by atoms with Gasteiger partial charge in [0, 0.05) is 18.8 Å². The van der Waals surface area contributed by atoms with Crippen LogP contribution in [0.3, 0.4) is 0 Å². The Morgan fingerprint density at radius 2 is 2.22 bits per heavy atom. The number of rotatable bonds is 7. The molecule has 1 aromatic rings. The first-order valence-corrected chi connectivity index (χ1v) is 9.39. The molecular weight excluding hydrogens is 318 g/mol. The molecule has 7 nitrogen and oxygen atoms in total. The number of benzene rings is 1. The third kappa shape index (κ3) is 4.66. The zero-order chi connectivity index (χ0) is 16.9. The molecule has 3 N–H and O–H groups in total. The molecule has 0 aromatic heterocycles. The van der Waals surface area contributed by atoms with E-state index in [0.717, 1.165) is 11.3 Å². The first-order valence-electron chi connectivity index (χ1n) is 7.57. The van der Waals surface area contributed by atoms with Crippen LogP contribution in [0, 0.1) is 5.92 Å². The van der Waals surface area contributed by atoms with Gasteiger partial charge in [-0.1, -0.05) is 19.1 Å². The highest BCUT2D eigenvalue weighted by atomic mass is 32.2. The van der Waals surface area contributed by atoms with E-state index in [1.54, 1.807) is 14.0 Å².